The SMILES string of the molecule is CSc1n[nH]c2nc(SC)n(-c3ccccc3)c(=N)c12. The van der Waals surface area contributed by atoms with Gasteiger partial charge in [0.05, 0.1) is 5.39 Å². The summed E-state index contributed by atoms with van der Waals surface area (Å²) in [6, 6.07) is 9.83. The van der Waals surface area contributed by atoms with Crippen molar-refractivity contribution in [2.24, 2.45) is 0 Å². The van der Waals surface area contributed by atoms with E-state index in [1.165, 1.54) is 23.5 Å². The molecule has 0 amide bonds. The van der Waals surface area contributed by atoms with Crippen molar-refractivity contribution < 1.29 is 0 Å². The molecular weight excluding hydrogens is 290 g/mol. The molecule has 0 atom stereocenters. The van der Waals surface area contributed by atoms with E-state index in [0.717, 1.165) is 21.3 Å². The number of benzene rings is 1. The maximum absolute atomic E-state index is 8.52. The highest BCUT2D eigenvalue weighted by Gasteiger charge is 2.14. The molecule has 0 aliphatic heterocycles. The number of H-pyrrole nitrogens is 1. The Labute approximate surface area is 124 Å². The number of thioether (sulfide) groups is 2. The van der Waals surface area contributed by atoms with Gasteiger partial charge in [-0.25, -0.2) is 4.98 Å². The molecule has 2 N–H and O–H groups in total. The molecule has 0 aliphatic rings. The Balaban J connectivity index is 2.40. The molecule has 2 aromatic heterocycles. The first-order valence-electron chi connectivity index (χ1n) is 5.95. The van der Waals surface area contributed by atoms with Crippen LogP contribution in [0, 0.1) is 5.41 Å². The molecule has 5 nitrogen and oxygen atoms in total. The molecule has 0 saturated heterocycles. The number of rotatable bonds is 3. The molecule has 2 heterocycles. The van der Waals surface area contributed by atoms with Gasteiger partial charge < -0.3 is 0 Å². The van der Waals surface area contributed by atoms with Crippen LogP contribution in [0.3, 0.4) is 0 Å². The monoisotopic (exact) mass is 303 g/mol. The summed E-state index contributed by atoms with van der Waals surface area (Å²) in [5.74, 6) is 0. The number of hydrogen-bond donors (Lipinski definition) is 2. The number of nitrogens with one attached hydrogen (secondary N) is 2. The molecule has 0 saturated carbocycles. The molecule has 0 fully saturated rings. The molecular formula is C13H13N5S2. The van der Waals surface area contributed by atoms with Gasteiger partial charge in [0.2, 0.25) is 0 Å². The molecule has 1 aromatic carbocycles. The minimum absolute atomic E-state index is 0.406. The molecule has 7 heteroatoms. The first-order valence-corrected chi connectivity index (χ1v) is 8.40. The lowest BCUT2D eigenvalue weighted by Gasteiger charge is -2.11. The number of hydrogen-bond acceptors (Lipinski definition) is 5. The zero-order valence-corrected chi connectivity index (χ0v) is 12.7. The number of aromatic nitrogens is 4. The second-order valence-electron chi connectivity index (χ2n) is 4.07. The van der Waals surface area contributed by atoms with E-state index in [9.17, 15) is 0 Å². The standard InChI is InChI=1S/C13H13N5S2/c1-19-12-9-10(14)18(8-6-4-3-5-7-8)13(20-2)15-11(9)16-17-12/h3-7,14H,1-2H3,(H,16,17). The van der Waals surface area contributed by atoms with Crippen LogP contribution in [0.1, 0.15) is 0 Å². The molecule has 0 aliphatic carbocycles. The minimum atomic E-state index is 0.406. The van der Waals surface area contributed by atoms with E-state index in [1.807, 2.05) is 47.4 Å². The highest BCUT2D eigenvalue weighted by atomic mass is 32.2. The van der Waals surface area contributed by atoms with E-state index in [4.69, 9.17) is 5.41 Å². The lowest BCUT2D eigenvalue weighted by molar-refractivity contribution is 0.788. The van der Waals surface area contributed by atoms with Crippen LogP contribution in [0.25, 0.3) is 16.7 Å². The first kappa shape index (κ1) is 13.3. The molecule has 0 unspecified atom stereocenters. The second-order valence-corrected chi connectivity index (χ2v) is 5.64. The molecule has 0 bridgehead atoms. The molecule has 3 aromatic rings. The fourth-order valence-electron chi connectivity index (χ4n) is 2.07. The Morgan fingerprint density at radius 3 is 2.55 bits per heavy atom. The van der Waals surface area contributed by atoms with Gasteiger partial charge in [0, 0.05) is 5.69 Å². The van der Waals surface area contributed by atoms with Crippen LogP contribution in [0.5, 0.6) is 0 Å². The fraction of sp³-hybridized carbons (Fsp3) is 0.154. The Kier molecular flexibility index (Phi) is 3.54. The van der Waals surface area contributed by atoms with Crippen LogP contribution in [-0.4, -0.2) is 32.3 Å². The zero-order valence-electron chi connectivity index (χ0n) is 11.0. The van der Waals surface area contributed by atoms with Gasteiger partial charge in [0.25, 0.3) is 0 Å². The van der Waals surface area contributed by atoms with Gasteiger partial charge in [0.15, 0.2) is 10.8 Å². The van der Waals surface area contributed by atoms with Crippen LogP contribution in [-0.2, 0) is 0 Å². The maximum Gasteiger partial charge on any atom is 0.176 e. The normalized spacial score (nSPS) is 11.1. The van der Waals surface area contributed by atoms with Gasteiger partial charge in [-0.15, -0.1) is 11.8 Å². The van der Waals surface area contributed by atoms with E-state index in [0.29, 0.717) is 11.1 Å². The summed E-state index contributed by atoms with van der Waals surface area (Å²) in [4.78, 5) is 4.57. The van der Waals surface area contributed by atoms with Crippen molar-refractivity contribution >= 4 is 34.6 Å². The molecule has 102 valence electrons. The highest BCUT2D eigenvalue weighted by molar-refractivity contribution is 7.98. The number of nitrogens with zero attached hydrogens (tertiary/aromatic N) is 3. The van der Waals surface area contributed by atoms with Crippen LogP contribution in [0.2, 0.25) is 0 Å². The van der Waals surface area contributed by atoms with E-state index < -0.39 is 0 Å². The highest BCUT2D eigenvalue weighted by Crippen LogP contribution is 2.23. The van der Waals surface area contributed by atoms with Crippen molar-refractivity contribution in [2.75, 3.05) is 12.5 Å². The third kappa shape index (κ3) is 2.03. The van der Waals surface area contributed by atoms with E-state index >= 15 is 0 Å². The van der Waals surface area contributed by atoms with E-state index in [1.54, 1.807) is 0 Å². The van der Waals surface area contributed by atoms with Crippen molar-refractivity contribution in [1.82, 2.24) is 19.7 Å². The summed E-state index contributed by atoms with van der Waals surface area (Å²) in [5, 5.41) is 18.0. The van der Waals surface area contributed by atoms with Gasteiger partial charge >= 0.3 is 0 Å². The average Bonchev–Trinajstić information content (AvgIpc) is 2.91. The summed E-state index contributed by atoms with van der Waals surface area (Å²) < 4.78 is 1.85. The Morgan fingerprint density at radius 2 is 1.90 bits per heavy atom. The number of aromatic amines is 1. The largest absolute Gasteiger partial charge is 0.283 e. The Hall–Kier alpha value is -1.73. The topological polar surface area (TPSA) is 70.3 Å². The van der Waals surface area contributed by atoms with Crippen LogP contribution in [0.4, 0.5) is 0 Å². The Morgan fingerprint density at radius 1 is 1.15 bits per heavy atom. The molecule has 20 heavy (non-hydrogen) atoms. The lowest BCUT2D eigenvalue weighted by atomic mass is 10.3. The maximum atomic E-state index is 8.52. The third-order valence-corrected chi connectivity index (χ3v) is 4.28. The van der Waals surface area contributed by atoms with Crippen molar-refractivity contribution in [2.45, 2.75) is 10.2 Å². The summed E-state index contributed by atoms with van der Waals surface area (Å²) >= 11 is 3.03. The van der Waals surface area contributed by atoms with E-state index in [2.05, 4.69) is 15.2 Å². The van der Waals surface area contributed by atoms with Gasteiger partial charge in [-0.05, 0) is 24.6 Å². The van der Waals surface area contributed by atoms with Gasteiger partial charge in [-0.3, -0.25) is 15.1 Å². The van der Waals surface area contributed by atoms with Gasteiger partial charge in [-0.1, -0.05) is 30.0 Å². The van der Waals surface area contributed by atoms with Crippen molar-refractivity contribution in [3.63, 3.8) is 0 Å². The first-order chi connectivity index (χ1) is 9.76. The average molecular weight is 303 g/mol. The Bertz CT molecular complexity index is 807. The van der Waals surface area contributed by atoms with Crippen LogP contribution in [0.15, 0.2) is 40.5 Å². The van der Waals surface area contributed by atoms with Crippen molar-refractivity contribution in [1.29, 1.82) is 5.41 Å². The summed E-state index contributed by atoms with van der Waals surface area (Å²) in [7, 11) is 0. The minimum Gasteiger partial charge on any atom is -0.283 e. The van der Waals surface area contributed by atoms with Crippen LogP contribution >= 0.6 is 23.5 Å². The fourth-order valence-corrected chi connectivity index (χ4v) is 3.16. The number of para-hydroxylation sites is 1. The predicted molar refractivity (Wildman–Crippen MR) is 82.6 cm³/mol. The molecule has 0 spiro atoms. The summed E-state index contributed by atoms with van der Waals surface area (Å²) in [5.41, 5.74) is 2.00. The summed E-state index contributed by atoms with van der Waals surface area (Å²) in [6.45, 7) is 0. The smallest absolute Gasteiger partial charge is 0.176 e. The predicted octanol–water partition coefficient (Wildman–Crippen LogP) is 2.67. The quantitative estimate of drug-likeness (QED) is 0.576. The number of fused-ring (bicyclic) bond motifs is 1. The van der Waals surface area contributed by atoms with Crippen molar-refractivity contribution in [3.05, 3.63) is 35.8 Å². The van der Waals surface area contributed by atoms with Crippen molar-refractivity contribution in [3.8, 4) is 5.69 Å². The van der Waals surface area contributed by atoms with Gasteiger partial charge in [0.1, 0.15) is 10.5 Å². The molecule has 0 radical (unpaired) electrons. The van der Waals surface area contributed by atoms with Crippen LogP contribution < -0.4 is 5.49 Å². The third-order valence-electron chi connectivity index (χ3n) is 2.96. The summed E-state index contributed by atoms with van der Waals surface area (Å²) in [6.07, 6.45) is 3.91. The lowest BCUT2D eigenvalue weighted by Crippen LogP contribution is -2.21. The van der Waals surface area contributed by atoms with E-state index in [-0.39, 0.29) is 0 Å². The second kappa shape index (κ2) is 5.34. The zero-order chi connectivity index (χ0) is 14.1. The van der Waals surface area contributed by atoms with Gasteiger partial charge in [-0.2, -0.15) is 5.10 Å². The molecule has 3 rings (SSSR count).